The third kappa shape index (κ3) is 25.8. The molecule has 7 N–H and O–H groups in total. The summed E-state index contributed by atoms with van der Waals surface area (Å²) in [5, 5.41) is 3.03. The molecule has 0 aromatic heterocycles. The van der Waals surface area contributed by atoms with E-state index in [1.807, 2.05) is 0 Å². The van der Waals surface area contributed by atoms with Crippen molar-refractivity contribution in [1.82, 2.24) is 5.32 Å². The molecule has 0 heterocycles. The molecule has 70 valence electrons. The predicted octanol–water partition coefficient (Wildman–Crippen LogP) is -1.15. The maximum Gasteiger partial charge on any atom is 0.00750 e. The Hall–Kier alpha value is -0.160. The lowest BCUT2D eigenvalue weighted by Crippen LogP contribution is -2.27. The summed E-state index contributed by atoms with van der Waals surface area (Å²) in [4.78, 5) is 0. The van der Waals surface area contributed by atoms with E-state index in [1.165, 1.54) is 0 Å². The Morgan fingerprint density at radius 3 is 1.45 bits per heavy atom. The van der Waals surface area contributed by atoms with Crippen LogP contribution in [0.2, 0.25) is 0 Å². The molecule has 4 nitrogen and oxygen atoms in total. The lowest BCUT2D eigenvalue weighted by Gasteiger charge is -1.95. The van der Waals surface area contributed by atoms with Gasteiger partial charge in [-0.25, -0.2) is 0 Å². The summed E-state index contributed by atoms with van der Waals surface area (Å²) in [5.41, 5.74) is 15.4. The zero-order valence-corrected chi connectivity index (χ0v) is 7.47. The van der Waals surface area contributed by atoms with Crippen LogP contribution < -0.4 is 22.5 Å². The summed E-state index contributed by atoms with van der Waals surface area (Å²) in [6.45, 7) is 6.01. The van der Waals surface area contributed by atoms with Crippen LogP contribution in [0.4, 0.5) is 0 Å². The lowest BCUT2D eigenvalue weighted by molar-refractivity contribution is 0.696. The van der Waals surface area contributed by atoms with Gasteiger partial charge < -0.3 is 22.5 Å². The fourth-order valence-corrected chi connectivity index (χ4v) is 0.329. The van der Waals surface area contributed by atoms with Crippen molar-refractivity contribution in [3.63, 3.8) is 0 Å². The first-order chi connectivity index (χ1) is 5.33. The maximum absolute atomic E-state index is 5.17. The second-order valence-electron chi connectivity index (χ2n) is 2.12. The van der Waals surface area contributed by atoms with Crippen molar-refractivity contribution in [1.29, 1.82) is 0 Å². The molecule has 0 aliphatic carbocycles. The largest absolute Gasteiger partial charge is 0.330 e. The molecule has 0 spiro atoms. The quantitative estimate of drug-likeness (QED) is 0.384. The molecule has 0 aliphatic rings. The van der Waals surface area contributed by atoms with Gasteiger partial charge in [0, 0.05) is 26.2 Å². The first kappa shape index (κ1) is 13.4. The van der Waals surface area contributed by atoms with E-state index in [4.69, 9.17) is 17.2 Å². The van der Waals surface area contributed by atoms with Crippen LogP contribution in [0.3, 0.4) is 0 Å². The number of nitrogens with two attached hydrogens (primary N) is 3. The zero-order chi connectivity index (χ0) is 8.95. The summed E-state index contributed by atoms with van der Waals surface area (Å²) in [6, 6.07) is 0. The van der Waals surface area contributed by atoms with Crippen LogP contribution >= 0.6 is 0 Å². The van der Waals surface area contributed by atoms with Crippen LogP contribution in [0, 0.1) is 0 Å². The van der Waals surface area contributed by atoms with E-state index < -0.39 is 0 Å². The van der Waals surface area contributed by atoms with E-state index in [0.29, 0.717) is 13.1 Å². The van der Waals surface area contributed by atoms with Crippen LogP contribution in [0.15, 0.2) is 0 Å². The van der Waals surface area contributed by atoms with Crippen molar-refractivity contribution in [2.24, 2.45) is 17.2 Å². The minimum absolute atomic E-state index is 0.694. The van der Waals surface area contributed by atoms with Gasteiger partial charge in [0.25, 0.3) is 0 Å². The fourth-order valence-electron chi connectivity index (χ4n) is 0.329. The van der Waals surface area contributed by atoms with Gasteiger partial charge in [0.15, 0.2) is 0 Å². The van der Waals surface area contributed by atoms with Crippen molar-refractivity contribution >= 4 is 0 Å². The fraction of sp³-hybridized carbons (Fsp3) is 1.00. The van der Waals surface area contributed by atoms with Gasteiger partial charge >= 0.3 is 0 Å². The second kappa shape index (κ2) is 16.4. The number of rotatable bonds is 5. The Morgan fingerprint density at radius 1 is 0.909 bits per heavy atom. The van der Waals surface area contributed by atoms with Gasteiger partial charge in [0.1, 0.15) is 0 Å². The summed E-state index contributed by atoms with van der Waals surface area (Å²) in [6.07, 6.45) is 1.10. The standard InChI is InChI=1S/C4H13N3.C3H9N/c5-1-3-7-4-2-6;1-2-3-4/h7H,1-6H2;2-4H2,1H3. The molecule has 0 atom stereocenters. The second-order valence-corrected chi connectivity index (χ2v) is 2.12. The molecule has 0 unspecified atom stereocenters. The highest BCUT2D eigenvalue weighted by atomic mass is 14.9. The van der Waals surface area contributed by atoms with Crippen LogP contribution in [0.25, 0.3) is 0 Å². The van der Waals surface area contributed by atoms with Gasteiger partial charge in [-0.1, -0.05) is 6.92 Å². The van der Waals surface area contributed by atoms with Crippen LogP contribution in [-0.4, -0.2) is 32.7 Å². The summed E-state index contributed by atoms with van der Waals surface area (Å²) < 4.78 is 0. The van der Waals surface area contributed by atoms with Gasteiger partial charge in [-0.15, -0.1) is 0 Å². The van der Waals surface area contributed by atoms with E-state index in [1.54, 1.807) is 0 Å². The minimum atomic E-state index is 0.694. The minimum Gasteiger partial charge on any atom is -0.330 e. The Balaban J connectivity index is 0. The molecular formula is C7H22N4. The molecule has 4 heteroatoms. The number of nitrogens with one attached hydrogen (secondary N) is 1. The van der Waals surface area contributed by atoms with E-state index >= 15 is 0 Å². The molecule has 0 amide bonds. The molecule has 0 saturated heterocycles. The highest BCUT2D eigenvalue weighted by Gasteiger charge is 1.76. The van der Waals surface area contributed by atoms with Crippen molar-refractivity contribution in [2.75, 3.05) is 32.7 Å². The van der Waals surface area contributed by atoms with Crippen molar-refractivity contribution in [3.05, 3.63) is 0 Å². The summed E-state index contributed by atoms with van der Waals surface area (Å²) >= 11 is 0. The van der Waals surface area contributed by atoms with E-state index in [-0.39, 0.29) is 0 Å². The summed E-state index contributed by atoms with van der Waals surface area (Å²) in [5.74, 6) is 0. The first-order valence-electron chi connectivity index (χ1n) is 4.14. The van der Waals surface area contributed by atoms with Crippen LogP contribution in [-0.2, 0) is 0 Å². The molecule has 0 aliphatic heterocycles. The van der Waals surface area contributed by atoms with Crippen molar-refractivity contribution in [2.45, 2.75) is 13.3 Å². The normalized spacial score (nSPS) is 8.73. The van der Waals surface area contributed by atoms with Crippen molar-refractivity contribution in [3.8, 4) is 0 Å². The average Bonchev–Trinajstić information content (AvgIpc) is 2.06. The van der Waals surface area contributed by atoms with Crippen LogP contribution in [0.5, 0.6) is 0 Å². The maximum atomic E-state index is 5.17. The van der Waals surface area contributed by atoms with E-state index in [9.17, 15) is 0 Å². The van der Waals surface area contributed by atoms with Gasteiger partial charge in [-0.3, -0.25) is 0 Å². The molecular weight excluding hydrogens is 140 g/mol. The van der Waals surface area contributed by atoms with Crippen molar-refractivity contribution < 1.29 is 0 Å². The predicted molar refractivity (Wildman–Crippen MR) is 50.3 cm³/mol. The Labute approximate surface area is 69.5 Å². The lowest BCUT2D eigenvalue weighted by atomic mass is 10.5. The highest BCUT2D eigenvalue weighted by Crippen LogP contribution is 1.57. The molecule has 0 aromatic rings. The Kier molecular flexibility index (Phi) is 20.1. The van der Waals surface area contributed by atoms with Gasteiger partial charge in [0.05, 0.1) is 0 Å². The van der Waals surface area contributed by atoms with Gasteiger partial charge in [-0.05, 0) is 13.0 Å². The van der Waals surface area contributed by atoms with E-state index in [0.717, 1.165) is 26.1 Å². The Morgan fingerprint density at radius 2 is 1.27 bits per heavy atom. The van der Waals surface area contributed by atoms with Gasteiger partial charge in [0.2, 0.25) is 0 Å². The smallest absolute Gasteiger partial charge is 0.00750 e. The highest BCUT2D eigenvalue weighted by molar-refractivity contribution is 4.45. The molecule has 0 saturated carbocycles. The van der Waals surface area contributed by atoms with E-state index in [2.05, 4.69) is 12.2 Å². The molecule has 0 fully saturated rings. The molecule has 11 heavy (non-hydrogen) atoms. The monoisotopic (exact) mass is 162 g/mol. The average molecular weight is 162 g/mol. The number of hydrogen-bond acceptors (Lipinski definition) is 4. The first-order valence-corrected chi connectivity index (χ1v) is 4.14. The topological polar surface area (TPSA) is 90.1 Å². The molecule has 0 bridgehead atoms. The summed E-state index contributed by atoms with van der Waals surface area (Å²) in [7, 11) is 0. The number of hydrogen-bond donors (Lipinski definition) is 4. The molecule has 0 radical (unpaired) electrons. The molecule has 0 rings (SSSR count). The zero-order valence-electron chi connectivity index (χ0n) is 7.47. The van der Waals surface area contributed by atoms with Crippen LogP contribution in [0.1, 0.15) is 13.3 Å². The Bertz CT molecular complexity index is 43.7. The van der Waals surface area contributed by atoms with Gasteiger partial charge in [-0.2, -0.15) is 0 Å². The third-order valence-electron chi connectivity index (χ3n) is 0.931. The molecule has 0 aromatic carbocycles. The third-order valence-corrected chi connectivity index (χ3v) is 0.931. The SMILES string of the molecule is CCCN.NCCNCCN.